The van der Waals surface area contributed by atoms with Gasteiger partial charge < -0.3 is 5.32 Å². The largest absolute Gasteiger partial charge is 0.317 e. The Morgan fingerprint density at radius 3 is 2.24 bits per heavy atom. The van der Waals surface area contributed by atoms with Gasteiger partial charge in [0.05, 0.1) is 0 Å². The van der Waals surface area contributed by atoms with E-state index in [4.69, 9.17) is 0 Å². The van der Waals surface area contributed by atoms with Gasteiger partial charge in [-0.15, -0.1) is 0 Å². The highest BCUT2D eigenvalue weighted by Gasteiger charge is 2.39. The van der Waals surface area contributed by atoms with Crippen LogP contribution in [-0.4, -0.2) is 36.6 Å². The average Bonchev–Trinajstić information content (AvgIpc) is 2.93. The Balaban J connectivity index is 1.50. The highest BCUT2D eigenvalue weighted by atomic mass is 15.2. The Hall–Kier alpha value is -0.0800. The quantitative estimate of drug-likeness (QED) is 0.807. The molecule has 3 rings (SSSR count). The molecule has 1 aliphatic carbocycles. The SMILES string of the molecule is CNC1CC2CCC(C1)N2CCC1CCCC1. The first-order valence-corrected chi connectivity index (χ1v) is 7.80. The van der Waals surface area contributed by atoms with Crippen LogP contribution in [0.1, 0.15) is 57.8 Å². The van der Waals surface area contributed by atoms with Crippen molar-refractivity contribution in [1.82, 2.24) is 10.2 Å². The van der Waals surface area contributed by atoms with Gasteiger partial charge in [-0.25, -0.2) is 0 Å². The number of piperidine rings is 1. The predicted molar refractivity (Wildman–Crippen MR) is 72.2 cm³/mol. The zero-order chi connectivity index (χ0) is 11.7. The molecule has 2 atom stereocenters. The monoisotopic (exact) mass is 236 g/mol. The fraction of sp³-hybridized carbons (Fsp3) is 1.00. The van der Waals surface area contributed by atoms with Gasteiger partial charge in [0.25, 0.3) is 0 Å². The second kappa shape index (κ2) is 5.27. The van der Waals surface area contributed by atoms with E-state index < -0.39 is 0 Å². The van der Waals surface area contributed by atoms with Gasteiger partial charge in [0, 0.05) is 18.1 Å². The third-order valence-electron chi connectivity index (χ3n) is 5.56. The van der Waals surface area contributed by atoms with Crippen LogP contribution in [-0.2, 0) is 0 Å². The Morgan fingerprint density at radius 2 is 1.65 bits per heavy atom. The van der Waals surface area contributed by atoms with E-state index >= 15 is 0 Å². The summed E-state index contributed by atoms with van der Waals surface area (Å²) in [6, 6.07) is 2.62. The first kappa shape index (κ1) is 12.0. The Morgan fingerprint density at radius 1 is 1.00 bits per heavy atom. The predicted octanol–water partition coefficient (Wildman–Crippen LogP) is 2.78. The van der Waals surface area contributed by atoms with Gasteiger partial charge >= 0.3 is 0 Å². The number of hydrogen-bond donors (Lipinski definition) is 1. The van der Waals surface area contributed by atoms with Crippen molar-refractivity contribution in [2.75, 3.05) is 13.6 Å². The van der Waals surface area contributed by atoms with Crippen molar-refractivity contribution in [1.29, 1.82) is 0 Å². The summed E-state index contributed by atoms with van der Waals surface area (Å²) in [5.74, 6) is 1.07. The van der Waals surface area contributed by atoms with E-state index in [1.807, 2.05) is 0 Å². The third-order valence-corrected chi connectivity index (χ3v) is 5.56. The van der Waals surface area contributed by atoms with E-state index in [-0.39, 0.29) is 0 Å². The molecule has 2 heteroatoms. The van der Waals surface area contributed by atoms with Crippen molar-refractivity contribution in [2.45, 2.75) is 75.9 Å². The summed E-state index contributed by atoms with van der Waals surface area (Å²) in [7, 11) is 2.14. The zero-order valence-electron chi connectivity index (χ0n) is 11.3. The molecule has 98 valence electrons. The van der Waals surface area contributed by atoms with E-state index in [2.05, 4.69) is 17.3 Å². The third kappa shape index (κ3) is 2.53. The molecule has 0 spiro atoms. The van der Waals surface area contributed by atoms with Crippen LogP contribution in [0.25, 0.3) is 0 Å². The molecule has 0 radical (unpaired) electrons. The molecule has 0 aromatic rings. The maximum atomic E-state index is 3.50. The van der Waals surface area contributed by atoms with Gasteiger partial charge in [0.2, 0.25) is 0 Å². The molecule has 0 amide bonds. The molecule has 3 fully saturated rings. The topological polar surface area (TPSA) is 15.3 Å². The van der Waals surface area contributed by atoms with E-state index in [1.54, 1.807) is 0 Å². The van der Waals surface area contributed by atoms with Crippen molar-refractivity contribution in [3.05, 3.63) is 0 Å². The molecular weight excluding hydrogens is 208 g/mol. The van der Waals surface area contributed by atoms with Crippen LogP contribution < -0.4 is 5.32 Å². The highest BCUT2D eigenvalue weighted by Crippen LogP contribution is 2.37. The fourth-order valence-corrected chi connectivity index (χ4v) is 4.51. The molecule has 2 unspecified atom stereocenters. The minimum absolute atomic E-state index is 0.801. The van der Waals surface area contributed by atoms with Gasteiger partial charge in [-0.05, 0) is 51.6 Å². The molecule has 0 aromatic carbocycles. The van der Waals surface area contributed by atoms with Crippen LogP contribution in [0.5, 0.6) is 0 Å². The first-order valence-electron chi connectivity index (χ1n) is 7.80. The summed E-state index contributed by atoms with van der Waals surface area (Å²) >= 11 is 0. The normalized spacial score (nSPS) is 39.0. The summed E-state index contributed by atoms with van der Waals surface area (Å²) in [6.07, 6.45) is 13.2. The lowest BCUT2D eigenvalue weighted by Gasteiger charge is -2.39. The van der Waals surface area contributed by atoms with E-state index in [9.17, 15) is 0 Å². The summed E-state index contributed by atoms with van der Waals surface area (Å²) in [5.41, 5.74) is 0. The van der Waals surface area contributed by atoms with Crippen LogP contribution in [0.3, 0.4) is 0 Å². The first-order chi connectivity index (χ1) is 8.36. The van der Waals surface area contributed by atoms with Crippen molar-refractivity contribution in [3.63, 3.8) is 0 Å². The van der Waals surface area contributed by atoms with Crippen LogP contribution in [0, 0.1) is 5.92 Å². The number of rotatable bonds is 4. The second-order valence-electron chi connectivity index (χ2n) is 6.52. The van der Waals surface area contributed by atoms with E-state index in [1.165, 1.54) is 64.3 Å². The molecule has 2 nitrogen and oxygen atoms in total. The Bertz CT molecular complexity index is 233. The number of nitrogens with one attached hydrogen (secondary N) is 1. The van der Waals surface area contributed by atoms with Crippen LogP contribution in [0.4, 0.5) is 0 Å². The van der Waals surface area contributed by atoms with Gasteiger partial charge in [-0.3, -0.25) is 4.90 Å². The number of hydrogen-bond acceptors (Lipinski definition) is 2. The lowest BCUT2D eigenvalue weighted by atomic mass is 9.96. The minimum atomic E-state index is 0.801. The molecular formula is C15H28N2. The maximum Gasteiger partial charge on any atom is 0.0114 e. The standard InChI is InChI=1S/C15H28N2/c1-16-13-10-14-6-7-15(11-13)17(14)9-8-12-4-2-3-5-12/h12-16H,2-11H2,1H3. The molecule has 3 aliphatic rings. The van der Waals surface area contributed by atoms with Gasteiger partial charge in [0.1, 0.15) is 0 Å². The summed E-state index contributed by atoms with van der Waals surface area (Å²) in [5, 5.41) is 3.50. The van der Waals surface area contributed by atoms with Crippen molar-refractivity contribution >= 4 is 0 Å². The molecule has 2 heterocycles. The Labute approximate surface area is 106 Å². The van der Waals surface area contributed by atoms with Crippen molar-refractivity contribution in [3.8, 4) is 0 Å². The van der Waals surface area contributed by atoms with Crippen LogP contribution in [0.2, 0.25) is 0 Å². The minimum Gasteiger partial charge on any atom is -0.317 e. The van der Waals surface area contributed by atoms with E-state index in [0.717, 1.165) is 24.0 Å². The molecule has 17 heavy (non-hydrogen) atoms. The van der Waals surface area contributed by atoms with Gasteiger partial charge in [-0.1, -0.05) is 25.7 Å². The van der Waals surface area contributed by atoms with E-state index in [0.29, 0.717) is 0 Å². The number of fused-ring (bicyclic) bond motifs is 2. The Kier molecular flexibility index (Phi) is 3.72. The van der Waals surface area contributed by atoms with Crippen LogP contribution in [0.15, 0.2) is 0 Å². The molecule has 2 aliphatic heterocycles. The molecule has 1 saturated carbocycles. The summed E-state index contributed by atoms with van der Waals surface area (Å²) in [4.78, 5) is 2.87. The van der Waals surface area contributed by atoms with Crippen molar-refractivity contribution in [2.24, 2.45) is 5.92 Å². The lowest BCUT2D eigenvalue weighted by Crippen LogP contribution is -2.48. The molecule has 1 N–H and O–H groups in total. The van der Waals surface area contributed by atoms with Gasteiger partial charge in [-0.2, -0.15) is 0 Å². The fourth-order valence-electron chi connectivity index (χ4n) is 4.51. The zero-order valence-corrected chi connectivity index (χ0v) is 11.3. The van der Waals surface area contributed by atoms with Crippen molar-refractivity contribution < 1.29 is 0 Å². The smallest absolute Gasteiger partial charge is 0.0114 e. The summed E-state index contributed by atoms with van der Waals surface area (Å²) < 4.78 is 0. The summed E-state index contributed by atoms with van der Waals surface area (Å²) in [6.45, 7) is 1.40. The number of nitrogens with zero attached hydrogens (tertiary/aromatic N) is 1. The maximum absolute atomic E-state index is 3.50. The van der Waals surface area contributed by atoms with Gasteiger partial charge in [0.15, 0.2) is 0 Å². The second-order valence-corrected chi connectivity index (χ2v) is 6.52. The van der Waals surface area contributed by atoms with Crippen LogP contribution >= 0.6 is 0 Å². The molecule has 0 aromatic heterocycles. The lowest BCUT2D eigenvalue weighted by molar-refractivity contribution is 0.112. The average molecular weight is 236 g/mol. The highest BCUT2D eigenvalue weighted by molar-refractivity contribution is 4.97. The molecule has 2 bridgehead atoms. The molecule has 2 saturated heterocycles.